The number of benzene rings is 2. The van der Waals surface area contributed by atoms with Crippen molar-refractivity contribution in [1.82, 2.24) is 5.32 Å². The second-order valence-electron chi connectivity index (χ2n) is 5.51. The molecule has 0 saturated carbocycles. The molecule has 0 aliphatic rings. The summed E-state index contributed by atoms with van der Waals surface area (Å²) >= 11 is 0. The molecule has 1 aromatic heterocycles. The summed E-state index contributed by atoms with van der Waals surface area (Å²) in [7, 11) is 0. The van der Waals surface area contributed by atoms with Crippen molar-refractivity contribution in [2.45, 2.75) is 13.0 Å². The van der Waals surface area contributed by atoms with E-state index in [1.807, 2.05) is 30.3 Å². The summed E-state index contributed by atoms with van der Waals surface area (Å²) in [6.45, 7) is 0.686. The van der Waals surface area contributed by atoms with Crippen molar-refractivity contribution in [3.05, 3.63) is 89.6 Å². The molecule has 0 aliphatic carbocycles. The molecule has 0 bridgehead atoms. The Labute approximate surface area is 145 Å². The van der Waals surface area contributed by atoms with Crippen molar-refractivity contribution >= 4 is 5.91 Å². The number of carbonyl (C=O) groups excluding carboxylic acids is 1. The average Bonchev–Trinajstić information content (AvgIpc) is 3.11. The number of hydrogen-bond donors (Lipinski definition) is 1. The minimum Gasteiger partial charge on any atom is -0.489 e. The smallest absolute Gasteiger partial charge is 0.287 e. The zero-order chi connectivity index (χ0) is 17.5. The van der Waals surface area contributed by atoms with Crippen LogP contribution in [0.25, 0.3) is 0 Å². The second-order valence-corrected chi connectivity index (χ2v) is 5.51. The Hall–Kier alpha value is -3.08. The first-order valence-corrected chi connectivity index (χ1v) is 7.99. The molecule has 0 atom stereocenters. The Balaban J connectivity index is 1.52. The largest absolute Gasteiger partial charge is 0.489 e. The quantitative estimate of drug-likeness (QED) is 0.709. The number of rotatable bonds is 7. The fourth-order valence-corrected chi connectivity index (χ4v) is 2.38. The van der Waals surface area contributed by atoms with Crippen LogP contribution in [0, 0.1) is 5.82 Å². The Morgan fingerprint density at radius 3 is 2.56 bits per heavy atom. The molecule has 1 amide bonds. The predicted octanol–water partition coefficient (Wildman–Crippen LogP) is 3.97. The Morgan fingerprint density at radius 2 is 1.80 bits per heavy atom. The lowest BCUT2D eigenvalue weighted by Crippen LogP contribution is -2.26. The third-order valence-electron chi connectivity index (χ3n) is 3.70. The lowest BCUT2D eigenvalue weighted by atomic mass is 10.1. The van der Waals surface area contributed by atoms with Gasteiger partial charge in [-0.3, -0.25) is 4.79 Å². The van der Waals surface area contributed by atoms with Gasteiger partial charge in [-0.1, -0.05) is 30.3 Å². The highest BCUT2D eigenvalue weighted by atomic mass is 19.1. The molecule has 1 heterocycles. The van der Waals surface area contributed by atoms with Crippen LogP contribution in [0.4, 0.5) is 4.39 Å². The highest BCUT2D eigenvalue weighted by Crippen LogP contribution is 2.15. The maximum atomic E-state index is 12.9. The number of carbonyl (C=O) groups is 1. The van der Waals surface area contributed by atoms with Gasteiger partial charge in [-0.05, 0) is 42.3 Å². The predicted molar refractivity (Wildman–Crippen MR) is 91.9 cm³/mol. The Bertz CT molecular complexity index is 812. The molecule has 25 heavy (non-hydrogen) atoms. The molecule has 1 N–H and O–H groups in total. The number of ether oxygens (including phenoxy) is 1. The van der Waals surface area contributed by atoms with E-state index in [-0.39, 0.29) is 24.1 Å². The normalized spacial score (nSPS) is 10.4. The van der Waals surface area contributed by atoms with E-state index in [4.69, 9.17) is 9.15 Å². The summed E-state index contributed by atoms with van der Waals surface area (Å²) in [5, 5.41) is 2.80. The van der Waals surface area contributed by atoms with Crippen LogP contribution < -0.4 is 10.1 Å². The molecule has 0 radical (unpaired) electrons. The maximum absolute atomic E-state index is 12.9. The summed E-state index contributed by atoms with van der Waals surface area (Å²) in [4.78, 5) is 12.3. The van der Waals surface area contributed by atoms with Crippen molar-refractivity contribution in [3.63, 3.8) is 0 Å². The van der Waals surface area contributed by atoms with Crippen LogP contribution in [0.1, 0.15) is 21.7 Å². The zero-order valence-electron chi connectivity index (χ0n) is 13.6. The van der Waals surface area contributed by atoms with Gasteiger partial charge in [-0.15, -0.1) is 0 Å². The number of para-hydroxylation sites is 1. The fourth-order valence-electron chi connectivity index (χ4n) is 2.38. The van der Waals surface area contributed by atoms with Gasteiger partial charge >= 0.3 is 0 Å². The molecule has 0 aliphatic heterocycles. The van der Waals surface area contributed by atoms with E-state index in [2.05, 4.69) is 5.32 Å². The maximum Gasteiger partial charge on any atom is 0.287 e. The van der Waals surface area contributed by atoms with Crippen LogP contribution >= 0.6 is 0 Å². The first kappa shape index (κ1) is 16.8. The standard InChI is InChI=1S/C20H18FNO3/c21-17-8-6-15(7-9-17)10-12-22-20(23)19-16(11-13-24-19)14-25-18-4-2-1-3-5-18/h1-9,11,13H,10,12,14H2,(H,22,23). The Kier molecular flexibility index (Phi) is 5.46. The molecule has 3 rings (SSSR count). The van der Waals surface area contributed by atoms with E-state index in [1.165, 1.54) is 18.4 Å². The molecule has 0 unspecified atom stereocenters. The van der Waals surface area contributed by atoms with Gasteiger partial charge in [-0.25, -0.2) is 4.39 Å². The van der Waals surface area contributed by atoms with Gasteiger partial charge in [0, 0.05) is 12.1 Å². The molecule has 4 nitrogen and oxygen atoms in total. The number of nitrogens with one attached hydrogen (secondary N) is 1. The summed E-state index contributed by atoms with van der Waals surface area (Å²) in [5.74, 6) is 0.409. The molecule has 2 aromatic carbocycles. The first-order valence-electron chi connectivity index (χ1n) is 7.99. The minimum absolute atomic E-state index is 0.245. The van der Waals surface area contributed by atoms with E-state index in [0.717, 1.165) is 11.3 Å². The van der Waals surface area contributed by atoms with Gasteiger partial charge in [0.25, 0.3) is 5.91 Å². The lowest BCUT2D eigenvalue weighted by molar-refractivity contribution is 0.0923. The number of hydrogen-bond acceptors (Lipinski definition) is 3. The molecule has 128 valence electrons. The third kappa shape index (κ3) is 4.70. The molecule has 0 fully saturated rings. The average molecular weight is 339 g/mol. The van der Waals surface area contributed by atoms with E-state index in [0.29, 0.717) is 18.5 Å². The van der Waals surface area contributed by atoms with Gasteiger partial charge in [0.15, 0.2) is 5.76 Å². The second kappa shape index (κ2) is 8.15. The van der Waals surface area contributed by atoms with Crippen LogP contribution in [0.15, 0.2) is 71.3 Å². The van der Waals surface area contributed by atoms with Crippen molar-refractivity contribution in [2.75, 3.05) is 6.54 Å². The summed E-state index contributed by atoms with van der Waals surface area (Å²) in [6, 6.07) is 17.3. The highest BCUT2D eigenvalue weighted by molar-refractivity contribution is 5.92. The van der Waals surface area contributed by atoms with E-state index in [1.54, 1.807) is 18.2 Å². The first-order chi connectivity index (χ1) is 12.2. The number of amides is 1. The lowest BCUT2D eigenvalue weighted by Gasteiger charge is -2.07. The van der Waals surface area contributed by atoms with Crippen molar-refractivity contribution in [1.29, 1.82) is 0 Å². The van der Waals surface area contributed by atoms with Gasteiger partial charge in [0.1, 0.15) is 18.2 Å². The van der Waals surface area contributed by atoms with Gasteiger partial charge in [0.05, 0.1) is 6.26 Å². The molecular weight excluding hydrogens is 321 g/mol. The van der Waals surface area contributed by atoms with Crippen LogP contribution in [0.5, 0.6) is 5.75 Å². The van der Waals surface area contributed by atoms with Crippen LogP contribution in [-0.2, 0) is 13.0 Å². The van der Waals surface area contributed by atoms with E-state index >= 15 is 0 Å². The van der Waals surface area contributed by atoms with Gasteiger partial charge in [0.2, 0.25) is 0 Å². The monoisotopic (exact) mass is 339 g/mol. The summed E-state index contributed by atoms with van der Waals surface area (Å²) in [6.07, 6.45) is 2.08. The molecular formula is C20H18FNO3. The summed E-state index contributed by atoms with van der Waals surface area (Å²) in [5.41, 5.74) is 1.64. The van der Waals surface area contributed by atoms with E-state index < -0.39 is 0 Å². The van der Waals surface area contributed by atoms with Crippen LogP contribution in [0.2, 0.25) is 0 Å². The molecule has 3 aromatic rings. The highest BCUT2D eigenvalue weighted by Gasteiger charge is 2.15. The summed E-state index contributed by atoms with van der Waals surface area (Å²) < 4.78 is 23.8. The minimum atomic E-state index is -0.293. The van der Waals surface area contributed by atoms with E-state index in [9.17, 15) is 9.18 Å². The van der Waals surface area contributed by atoms with Crippen LogP contribution in [0.3, 0.4) is 0 Å². The Morgan fingerprint density at radius 1 is 1.04 bits per heavy atom. The zero-order valence-corrected chi connectivity index (χ0v) is 13.6. The van der Waals surface area contributed by atoms with Crippen LogP contribution in [-0.4, -0.2) is 12.5 Å². The van der Waals surface area contributed by atoms with Gasteiger partial charge < -0.3 is 14.5 Å². The fraction of sp³-hybridized carbons (Fsp3) is 0.150. The third-order valence-corrected chi connectivity index (χ3v) is 3.70. The number of halogens is 1. The molecule has 0 saturated heterocycles. The van der Waals surface area contributed by atoms with Gasteiger partial charge in [-0.2, -0.15) is 0 Å². The molecule has 5 heteroatoms. The van der Waals surface area contributed by atoms with Crippen molar-refractivity contribution in [3.8, 4) is 5.75 Å². The molecule has 0 spiro atoms. The van der Waals surface area contributed by atoms with Crippen molar-refractivity contribution in [2.24, 2.45) is 0 Å². The number of furan rings is 1. The SMILES string of the molecule is O=C(NCCc1ccc(F)cc1)c1occc1COc1ccccc1. The topological polar surface area (TPSA) is 51.5 Å². The van der Waals surface area contributed by atoms with Crippen molar-refractivity contribution < 1.29 is 18.3 Å².